The summed E-state index contributed by atoms with van der Waals surface area (Å²) < 4.78 is 10.3. The van der Waals surface area contributed by atoms with E-state index in [1.54, 1.807) is 12.4 Å². The van der Waals surface area contributed by atoms with E-state index in [0.29, 0.717) is 26.4 Å². The predicted octanol–water partition coefficient (Wildman–Crippen LogP) is 0.208. The van der Waals surface area contributed by atoms with E-state index in [2.05, 4.69) is 10.3 Å². The second kappa shape index (κ2) is 6.74. The first kappa shape index (κ1) is 14.8. The summed E-state index contributed by atoms with van der Waals surface area (Å²) in [5.74, 6) is 0.0611. The molecule has 2 atom stereocenters. The van der Waals surface area contributed by atoms with Gasteiger partial charge in [-0.2, -0.15) is 0 Å². The third-order valence-corrected chi connectivity index (χ3v) is 3.97. The zero-order valence-corrected chi connectivity index (χ0v) is 12.2. The van der Waals surface area contributed by atoms with Gasteiger partial charge in [0.2, 0.25) is 5.91 Å². The van der Waals surface area contributed by atoms with Crippen LogP contribution in [0, 0.1) is 5.92 Å². The van der Waals surface area contributed by atoms with Gasteiger partial charge in [-0.1, -0.05) is 0 Å². The van der Waals surface area contributed by atoms with Gasteiger partial charge in [-0.15, -0.1) is 0 Å². The van der Waals surface area contributed by atoms with Crippen LogP contribution in [0.15, 0.2) is 24.5 Å². The molecule has 0 saturated carbocycles. The number of hydrogen-bond acceptors (Lipinski definition) is 5. The van der Waals surface area contributed by atoms with Crippen LogP contribution in [0.3, 0.4) is 0 Å². The maximum Gasteiger partial charge on any atom is 0.410 e. The lowest BCUT2D eigenvalue weighted by atomic mass is 9.95. The third kappa shape index (κ3) is 3.54. The topological polar surface area (TPSA) is 80.8 Å². The molecule has 3 rings (SSSR count). The summed E-state index contributed by atoms with van der Waals surface area (Å²) in [5.41, 5.74) is 1.17. The second-order valence-electron chi connectivity index (χ2n) is 5.57. The molecule has 2 fully saturated rings. The molecule has 7 heteroatoms. The van der Waals surface area contributed by atoms with Gasteiger partial charge in [-0.3, -0.25) is 14.7 Å². The lowest BCUT2D eigenvalue weighted by molar-refractivity contribution is -0.122. The molecule has 22 heavy (non-hydrogen) atoms. The van der Waals surface area contributed by atoms with Gasteiger partial charge in [0.15, 0.2) is 0 Å². The summed E-state index contributed by atoms with van der Waals surface area (Å²) in [7, 11) is 0. The van der Waals surface area contributed by atoms with Crippen molar-refractivity contribution in [2.24, 2.45) is 5.92 Å². The molecule has 0 unspecified atom stereocenters. The Morgan fingerprint density at radius 1 is 1.36 bits per heavy atom. The summed E-state index contributed by atoms with van der Waals surface area (Å²) in [6.45, 7) is 1.99. The molecule has 7 nitrogen and oxygen atoms in total. The highest BCUT2D eigenvalue weighted by Gasteiger charge is 2.31. The molecule has 0 radical (unpaired) electrons. The number of carbonyl (C=O) groups is 2. The van der Waals surface area contributed by atoms with Gasteiger partial charge in [0.05, 0.1) is 25.8 Å². The van der Waals surface area contributed by atoms with Crippen LogP contribution < -0.4 is 5.32 Å². The number of carbonyl (C=O) groups excluding carboxylic acids is 2. The standard InChI is InChI=1S/C15H19N3O4/c19-14(8-18-5-6-22-15(18)20)17-13-10-21-9-12(13)7-11-1-3-16-4-2-11/h1-4,12-13H,5-10H2,(H,17,19)/t12-,13-/m1/s1. The van der Waals surface area contributed by atoms with Crippen LogP contribution in [0.5, 0.6) is 0 Å². The van der Waals surface area contributed by atoms with Crippen LogP contribution in [-0.4, -0.2) is 60.8 Å². The lowest BCUT2D eigenvalue weighted by Gasteiger charge is -2.20. The summed E-state index contributed by atoms with van der Waals surface area (Å²) >= 11 is 0. The number of nitrogens with zero attached hydrogens (tertiary/aromatic N) is 2. The maximum atomic E-state index is 12.1. The monoisotopic (exact) mass is 305 g/mol. The molecule has 1 N–H and O–H groups in total. The molecule has 0 bridgehead atoms. The first-order valence-electron chi connectivity index (χ1n) is 7.40. The number of pyridine rings is 1. The fraction of sp³-hybridized carbons (Fsp3) is 0.533. The van der Waals surface area contributed by atoms with E-state index in [0.717, 1.165) is 6.42 Å². The maximum absolute atomic E-state index is 12.1. The molecule has 0 aromatic carbocycles. The van der Waals surface area contributed by atoms with Crippen LogP contribution >= 0.6 is 0 Å². The Kier molecular flexibility index (Phi) is 4.53. The largest absolute Gasteiger partial charge is 0.448 e. The van der Waals surface area contributed by atoms with Crippen LogP contribution in [0.25, 0.3) is 0 Å². The van der Waals surface area contributed by atoms with Crippen molar-refractivity contribution >= 4 is 12.0 Å². The molecule has 2 amide bonds. The Bertz CT molecular complexity index is 537. The van der Waals surface area contributed by atoms with Crippen LogP contribution in [0.1, 0.15) is 5.56 Å². The van der Waals surface area contributed by atoms with E-state index in [9.17, 15) is 9.59 Å². The van der Waals surface area contributed by atoms with E-state index in [1.807, 2.05) is 12.1 Å². The molecule has 0 aliphatic carbocycles. The normalized spacial score (nSPS) is 24.4. The number of aromatic nitrogens is 1. The van der Waals surface area contributed by atoms with Crippen LogP contribution in [0.4, 0.5) is 4.79 Å². The smallest absolute Gasteiger partial charge is 0.410 e. The van der Waals surface area contributed by atoms with Crippen molar-refractivity contribution in [1.82, 2.24) is 15.2 Å². The van der Waals surface area contributed by atoms with E-state index < -0.39 is 6.09 Å². The Hall–Kier alpha value is -2.15. The van der Waals surface area contributed by atoms with E-state index in [4.69, 9.17) is 9.47 Å². The minimum Gasteiger partial charge on any atom is -0.448 e. The van der Waals surface area contributed by atoms with E-state index in [1.165, 1.54) is 10.5 Å². The summed E-state index contributed by atoms with van der Waals surface area (Å²) in [6, 6.07) is 3.91. The lowest BCUT2D eigenvalue weighted by Crippen LogP contribution is -2.45. The molecule has 2 aliphatic rings. The van der Waals surface area contributed by atoms with Crippen LogP contribution in [0.2, 0.25) is 0 Å². The zero-order chi connectivity index (χ0) is 15.4. The van der Waals surface area contributed by atoms with Crippen molar-refractivity contribution in [3.05, 3.63) is 30.1 Å². The number of rotatable bonds is 5. The molecule has 118 valence electrons. The first-order chi connectivity index (χ1) is 10.7. The van der Waals surface area contributed by atoms with Crippen molar-refractivity contribution < 1.29 is 19.1 Å². The van der Waals surface area contributed by atoms with Crippen molar-refractivity contribution in [2.75, 3.05) is 32.9 Å². The highest BCUT2D eigenvalue weighted by atomic mass is 16.6. The Morgan fingerprint density at radius 3 is 2.91 bits per heavy atom. The summed E-state index contributed by atoms with van der Waals surface area (Å²) in [6.07, 6.45) is 3.93. The number of amides is 2. The summed E-state index contributed by atoms with van der Waals surface area (Å²) in [4.78, 5) is 28.8. The fourth-order valence-electron chi connectivity index (χ4n) is 2.78. The first-order valence-corrected chi connectivity index (χ1v) is 7.40. The molecule has 2 aliphatic heterocycles. The van der Waals surface area contributed by atoms with Crippen molar-refractivity contribution in [3.8, 4) is 0 Å². The quantitative estimate of drug-likeness (QED) is 0.841. The number of cyclic esters (lactones) is 1. The second-order valence-corrected chi connectivity index (χ2v) is 5.57. The highest BCUT2D eigenvalue weighted by Crippen LogP contribution is 2.19. The average Bonchev–Trinajstić information content (AvgIpc) is 3.10. The van der Waals surface area contributed by atoms with E-state index in [-0.39, 0.29) is 24.4 Å². The average molecular weight is 305 g/mol. The van der Waals surface area contributed by atoms with Crippen LogP contribution in [-0.2, 0) is 20.7 Å². The van der Waals surface area contributed by atoms with Gasteiger partial charge in [0.25, 0.3) is 0 Å². The molecule has 1 aromatic heterocycles. The van der Waals surface area contributed by atoms with Gasteiger partial charge in [0.1, 0.15) is 13.2 Å². The van der Waals surface area contributed by atoms with Gasteiger partial charge in [-0.05, 0) is 24.1 Å². The van der Waals surface area contributed by atoms with Gasteiger partial charge in [-0.25, -0.2) is 4.79 Å². The Labute approximate surface area is 128 Å². The molecular formula is C15H19N3O4. The van der Waals surface area contributed by atoms with Gasteiger partial charge in [0, 0.05) is 18.3 Å². The number of ether oxygens (including phenoxy) is 2. The third-order valence-electron chi connectivity index (χ3n) is 3.97. The zero-order valence-electron chi connectivity index (χ0n) is 12.2. The Morgan fingerprint density at radius 2 is 2.18 bits per heavy atom. The number of nitrogens with one attached hydrogen (secondary N) is 1. The summed E-state index contributed by atoms with van der Waals surface area (Å²) in [5, 5.41) is 2.97. The van der Waals surface area contributed by atoms with Crippen molar-refractivity contribution in [3.63, 3.8) is 0 Å². The fourth-order valence-corrected chi connectivity index (χ4v) is 2.78. The van der Waals surface area contributed by atoms with Crippen molar-refractivity contribution in [1.29, 1.82) is 0 Å². The van der Waals surface area contributed by atoms with E-state index >= 15 is 0 Å². The molecule has 0 spiro atoms. The SMILES string of the molecule is O=C(CN1CCOC1=O)N[C@@H]1COC[C@H]1Cc1ccncc1. The highest BCUT2D eigenvalue weighted by molar-refractivity contribution is 5.83. The minimum absolute atomic E-state index is 0.0284. The molecule has 1 aromatic rings. The van der Waals surface area contributed by atoms with Gasteiger partial charge >= 0.3 is 6.09 Å². The molecular weight excluding hydrogens is 286 g/mol. The Balaban J connectivity index is 1.52. The van der Waals surface area contributed by atoms with Crippen molar-refractivity contribution in [2.45, 2.75) is 12.5 Å². The predicted molar refractivity (Wildman–Crippen MR) is 77.1 cm³/mol. The molecule has 3 heterocycles. The minimum atomic E-state index is -0.425. The number of hydrogen-bond donors (Lipinski definition) is 1. The van der Waals surface area contributed by atoms with Gasteiger partial charge < -0.3 is 14.8 Å². The molecule has 2 saturated heterocycles.